The first-order valence-electron chi connectivity index (χ1n) is 5.61. The van der Waals surface area contributed by atoms with Crippen LogP contribution in [0.25, 0.3) is 0 Å². The van der Waals surface area contributed by atoms with E-state index in [4.69, 9.17) is 4.74 Å². The Morgan fingerprint density at radius 1 is 1.47 bits per heavy atom. The van der Waals surface area contributed by atoms with Crippen molar-refractivity contribution in [2.75, 3.05) is 18.7 Å². The maximum absolute atomic E-state index is 11.5. The number of carbonyl (C=O) groups excluding carboxylic acids is 1. The van der Waals surface area contributed by atoms with Crippen molar-refractivity contribution in [3.8, 4) is 0 Å². The fourth-order valence-electron chi connectivity index (χ4n) is 1.56. The van der Waals surface area contributed by atoms with Crippen molar-refractivity contribution in [2.45, 2.75) is 11.8 Å². The van der Waals surface area contributed by atoms with E-state index in [1.165, 1.54) is 23.3 Å². The highest BCUT2D eigenvalue weighted by Crippen LogP contribution is 2.27. The number of esters is 1. The van der Waals surface area contributed by atoms with E-state index < -0.39 is 5.97 Å². The molecule has 0 unspecified atom stereocenters. The van der Waals surface area contributed by atoms with Crippen molar-refractivity contribution >= 4 is 39.9 Å². The number of methoxy groups -OCH3 is 1. The number of ether oxygens (including phenoxy) is 1. The summed E-state index contributed by atoms with van der Waals surface area (Å²) in [7, 11) is 1.36. The van der Waals surface area contributed by atoms with E-state index in [2.05, 4.69) is 10.3 Å². The number of aryl methyl sites for hydroxylation is 1. The minimum atomic E-state index is -0.403. The van der Waals surface area contributed by atoms with Gasteiger partial charge in [-0.1, -0.05) is 6.07 Å². The van der Waals surface area contributed by atoms with E-state index >= 15 is 0 Å². The van der Waals surface area contributed by atoms with E-state index in [0.717, 1.165) is 10.6 Å². The average molecular weight is 294 g/mol. The summed E-state index contributed by atoms with van der Waals surface area (Å²) in [5.74, 6) is -0.403. The molecule has 0 fully saturated rings. The maximum atomic E-state index is 11.5. The maximum Gasteiger partial charge on any atom is 0.357 e. The van der Waals surface area contributed by atoms with Gasteiger partial charge in [-0.05, 0) is 31.4 Å². The van der Waals surface area contributed by atoms with Gasteiger partial charge < -0.3 is 10.1 Å². The quantitative estimate of drug-likeness (QED) is 0.688. The minimum Gasteiger partial charge on any atom is -0.464 e. The highest BCUT2D eigenvalue weighted by atomic mass is 32.2. The fourth-order valence-corrected chi connectivity index (χ4v) is 2.84. The van der Waals surface area contributed by atoms with Crippen LogP contribution in [0.3, 0.4) is 0 Å². The lowest BCUT2D eigenvalue weighted by atomic mass is 10.3. The Bertz CT molecular complexity index is 596. The number of hydrogen-bond acceptors (Lipinski definition) is 6. The minimum absolute atomic E-state index is 0.371. The van der Waals surface area contributed by atoms with Crippen molar-refractivity contribution < 1.29 is 9.53 Å². The second kappa shape index (κ2) is 6.08. The smallest absolute Gasteiger partial charge is 0.357 e. The molecule has 0 saturated heterocycles. The molecule has 0 amide bonds. The highest BCUT2D eigenvalue weighted by molar-refractivity contribution is 7.98. The first kappa shape index (κ1) is 13.9. The van der Waals surface area contributed by atoms with Gasteiger partial charge in [-0.25, -0.2) is 9.78 Å². The van der Waals surface area contributed by atoms with E-state index in [1.807, 2.05) is 37.4 Å². The predicted octanol–water partition coefficient (Wildman–Crippen LogP) is 3.70. The summed E-state index contributed by atoms with van der Waals surface area (Å²) in [6.07, 6.45) is 2.03. The van der Waals surface area contributed by atoms with Gasteiger partial charge in [0.25, 0.3) is 0 Å². The van der Waals surface area contributed by atoms with Crippen LogP contribution in [0.4, 0.5) is 10.8 Å². The van der Waals surface area contributed by atoms with Crippen LogP contribution in [0.1, 0.15) is 15.4 Å². The van der Waals surface area contributed by atoms with Crippen molar-refractivity contribution in [3.05, 3.63) is 34.8 Å². The Labute approximate surface area is 120 Å². The lowest BCUT2D eigenvalue weighted by Gasteiger charge is -2.03. The number of rotatable bonds is 4. The number of thiazole rings is 1. The third-order valence-electron chi connectivity index (χ3n) is 2.50. The Morgan fingerprint density at radius 2 is 2.26 bits per heavy atom. The number of thioether (sulfide) groups is 1. The monoisotopic (exact) mass is 294 g/mol. The Morgan fingerprint density at radius 3 is 2.95 bits per heavy atom. The van der Waals surface area contributed by atoms with Crippen LogP contribution in [-0.4, -0.2) is 24.3 Å². The lowest BCUT2D eigenvalue weighted by Crippen LogP contribution is -2.03. The molecule has 0 aliphatic heterocycles. The molecule has 0 aliphatic rings. The zero-order chi connectivity index (χ0) is 13.8. The molecule has 0 aliphatic carbocycles. The van der Waals surface area contributed by atoms with Crippen molar-refractivity contribution in [3.63, 3.8) is 0 Å². The zero-order valence-electron chi connectivity index (χ0n) is 10.9. The van der Waals surface area contributed by atoms with Crippen molar-refractivity contribution in [1.82, 2.24) is 4.98 Å². The van der Waals surface area contributed by atoms with Gasteiger partial charge in [0.15, 0.2) is 10.8 Å². The number of nitrogens with one attached hydrogen (secondary N) is 1. The second-order valence-electron chi connectivity index (χ2n) is 3.77. The van der Waals surface area contributed by atoms with E-state index in [0.29, 0.717) is 10.8 Å². The van der Waals surface area contributed by atoms with Crippen LogP contribution in [0.5, 0.6) is 0 Å². The van der Waals surface area contributed by atoms with Crippen LogP contribution in [0.2, 0.25) is 0 Å². The van der Waals surface area contributed by atoms with Gasteiger partial charge in [0.2, 0.25) is 0 Å². The summed E-state index contributed by atoms with van der Waals surface area (Å²) in [5, 5.41) is 3.90. The summed E-state index contributed by atoms with van der Waals surface area (Å²) in [5.41, 5.74) is 1.33. The predicted molar refractivity (Wildman–Crippen MR) is 79.7 cm³/mol. The third kappa shape index (κ3) is 3.27. The summed E-state index contributed by atoms with van der Waals surface area (Å²) >= 11 is 3.12. The Hall–Kier alpha value is -1.53. The average Bonchev–Trinajstić information content (AvgIpc) is 2.79. The second-order valence-corrected chi connectivity index (χ2v) is 5.86. The molecule has 0 atom stereocenters. The number of hydrogen-bond donors (Lipinski definition) is 1. The fraction of sp³-hybridized carbons (Fsp3) is 0.231. The summed E-state index contributed by atoms with van der Waals surface area (Å²) < 4.78 is 4.69. The van der Waals surface area contributed by atoms with Crippen molar-refractivity contribution in [1.29, 1.82) is 0 Å². The van der Waals surface area contributed by atoms with Gasteiger partial charge in [0, 0.05) is 15.5 Å². The van der Waals surface area contributed by atoms with Crippen LogP contribution >= 0.6 is 23.1 Å². The molecule has 1 aromatic carbocycles. The van der Waals surface area contributed by atoms with Gasteiger partial charge >= 0.3 is 5.97 Å². The van der Waals surface area contributed by atoms with Gasteiger partial charge in [0.05, 0.1) is 7.11 Å². The van der Waals surface area contributed by atoms with Crippen LogP contribution in [-0.2, 0) is 4.74 Å². The van der Waals surface area contributed by atoms with E-state index in [1.54, 1.807) is 11.8 Å². The molecule has 0 radical (unpaired) electrons. The standard InChI is InChI=1S/C13H14N2O2S2/c1-8-11(12(16)17-2)15-13(19-8)14-9-5-4-6-10(7-9)18-3/h4-7H,1-3H3,(H,14,15). The molecule has 0 saturated carbocycles. The zero-order valence-corrected chi connectivity index (χ0v) is 12.5. The highest BCUT2D eigenvalue weighted by Gasteiger charge is 2.15. The molecule has 1 N–H and O–H groups in total. The molecule has 2 rings (SSSR count). The largest absolute Gasteiger partial charge is 0.464 e. The van der Waals surface area contributed by atoms with Crippen LogP contribution < -0.4 is 5.32 Å². The topological polar surface area (TPSA) is 51.2 Å². The van der Waals surface area contributed by atoms with Crippen molar-refractivity contribution in [2.24, 2.45) is 0 Å². The number of carbonyl (C=O) groups is 1. The van der Waals surface area contributed by atoms with Crippen LogP contribution in [0, 0.1) is 6.92 Å². The summed E-state index contributed by atoms with van der Waals surface area (Å²) in [6.45, 7) is 1.85. The number of benzene rings is 1. The lowest BCUT2D eigenvalue weighted by molar-refractivity contribution is 0.0594. The SMILES string of the molecule is COC(=O)c1nc(Nc2cccc(SC)c2)sc1C. The molecule has 1 heterocycles. The molecule has 19 heavy (non-hydrogen) atoms. The van der Waals surface area contributed by atoms with E-state index in [9.17, 15) is 4.79 Å². The normalized spacial score (nSPS) is 10.3. The Kier molecular flexibility index (Phi) is 4.44. The van der Waals surface area contributed by atoms with E-state index in [-0.39, 0.29) is 0 Å². The summed E-state index contributed by atoms with van der Waals surface area (Å²) in [6, 6.07) is 8.03. The van der Waals surface area contributed by atoms with Crippen LogP contribution in [0.15, 0.2) is 29.2 Å². The molecule has 4 nitrogen and oxygen atoms in total. The van der Waals surface area contributed by atoms with Gasteiger partial charge in [-0.3, -0.25) is 0 Å². The first-order valence-corrected chi connectivity index (χ1v) is 7.65. The number of anilines is 2. The molecule has 0 bridgehead atoms. The molecule has 1 aromatic heterocycles. The third-order valence-corrected chi connectivity index (χ3v) is 4.11. The molecule has 0 spiro atoms. The number of aromatic nitrogens is 1. The molecular weight excluding hydrogens is 280 g/mol. The molecule has 2 aromatic rings. The summed E-state index contributed by atoms with van der Waals surface area (Å²) in [4.78, 5) is 17.8. The first-order chi connectivity index (χ1) is 9.13. The molecule has 6 heteroatoms. The van der Waals surface area contributed by atoms with Gasteiger partial charge in [-0.2, -0.15) is 0 Å². The molecule has 100 valence electrons. The molecular formula is C13H14N2O2S2. The van der Waals surface area contributed by atoms with Gasteiger partial charge in [-0.15, -0.1) is 23.1 Å². The Balaban J connectivity index is 2.21. The number of nitrogens with zero attached hydrogens (tertiary/aromatic N) is 1. The van der Waals surface area contributed by atoms with Gasteiger partial charge in [0.1, 0.15) is 0 Å².